The normalized spacial score (nSPS) is 17.8. The van der Waals surface area contributed by atoms with Crippen molar-refractivity contribution in [1.29, 1.82) is 0 Å². The molecule has 162 valence electrons. The first kappa shape index (κ1) is 21.8. The van der Waals surface area contributed by atoms with Crippen LogP contribution in [-0.2, 0) is 9.59 Å². The largest absolute Gasteiger partial charge is 0.507 e. The molecule has 1 unspecified atom stereocenters. The molecule has 3 aromatic rings. The highest BCUT2D eigenvalue weighted by atomic mass is 79.9. The maximum absolute atomic E-state index is 13.1. The molecule has 1 amide bonds. The molecule has 0 radical (unpaired) electrons. The van der Waals surface area contributed by atoms with E-state index in [0.29, 0.717) is 22.7 Å². The molecule has 1 fully saturated rings. The van der Waals surface area contributed by atoms with Gasteiger partial charge in [0.15, 0.2) is 0 Å². The van der Waals surface area contributed by atoms with Crippen LogP contribution in [0.3, 0.4) is 0 Å². The Balaban J connectivity index is 1.86. The van der Waals surface area contributed by atoms with Crippen LogP contribution in [0.5, 0.6) is 5.75 Å². The number of carbonyl (C=O) groups excluding carboxylic acids is 2. The van der Waals surface area contributed by atoms with E-state index in [9.17, 15) is 14.7 Å². The molecule has 0 saturated carbocycles. The average molecular weight is 493 g/mol. The van der Waals surface area contributed by atoms with E-state index in [1.807, 2.05) is 38.1 Å². The van der Waals surface area contributed by atoms with Crippen molar-refractivity contribution in [3.8, 4) is 5.75 Å². The third-order valence-corrected chi connectivity index (χ3v) is 5.50. The highest BCUT2D eigenvalue weighted by molar-refractivity contribution is 9.10. The van der Waals surface area contributed by atoms with Crippen LogP contribution in [0.1, 0.15) is 31.0 Å². The predicted octanol–water partition coefficient (Wildman–Crippen LogP) is 5.26. The fraction of sp³-hybridized carbons (Fsp3) is 0.160. The van der Waals surface area contributed by atoms with Crippen LogP contribution in [0, 0.1) is 0 Å². The van der Waals surface area contributed by atoms with Gasteiger partial charge in [-0.05, 0) is 67.9 Å². The fourth-order valence-corrected chi connectivity index (χ4v) is 4.09. The molecule has 1 atom stereocenters. The summed E-state index contributed by atoms with van der Waals surface area (Å²) in [4.78, 5) is 31.8. The Morgan fingerprint density at radius 2 is 1.81 bits per heavy atom. The number of aromatic nitrogens is 1. The Morgan fingerprint density at radius 1 is 1.06 bits per heavy atom. The second kappa shape index (κ2) is 8.96. The first-order valence-electron chi connectivity index (χ1n) is 10.1. The minimum absolute atomic E-state index is 0.00895. The number of pyridine rings is 1. The van der Waals surface area contributed by atoms with Gasteiger partial charge < -0.3 is 9.84 Å². The molecule has 7 heteroatoms. The van der Waals surface area contributed by atoms with Gasteiger partial charge in [-0.15, -0.1) is 0 Å². The lowest BCUT2D eigenvalue weighted by atomic mass is 9.95. The molecule has 1 N–H and O–H groups in total. The Hall–Kier alpha value is -3.45. The number of amides is 1. The molecular weight excluding hydrogens is 472 g/mol. The predicted molar refractivity (Wildman–Crippen MR) is 125 cm³/mol. The van der Waals surface area contributed by atoms with E-state index in [-0.39, 0.29) is 17.4 Å². The molecule has 1 saturated heterocycles. The number of carbonyl (C=O) groups is 2. The van der Waals surface area contributed by atoms with E-state index in [1.54, 1.807) is 48.7 Å². The molecule has 0 spiro atoms. The SMILES string of the molecule is CC(C)Oc1ccc(/C(O)=C2/C(=O)C(=O)N(c3ccccn3)C2c2cccc(Br)c2)cc1. The van der Waals surface area contributed by atoms with Crippen molar-refractivity contribution in [2.75, 3.05) is 4.90 Å². The zero-order valence-electron chi connectivity index (χ0n) is 17.5. The number of hydrogen-bond donors (Lipinski definition) is 1. The maximum Gasteiger partial charge on any atom is 0.301 e. The van der Waals surface area contributed by atoms with Crippen LogP contribution in [0.2, 0.25) is 0 Å². The second-order valence-electron chi connectivity index (χ2n) is 7.60. The zero-order chi connectivity index (χ0) is 22.8. The summed E-state index contributed by atoms with van der Waals surface area (Å²) in [6, 6.07) is 18.4. The molecule has 0 aliphatic carbocycles. The lowest BCUT2D eigenvalue weighted by Crippen LogP contribution is -2.30. The monoisotopic (exact) mass is 492 g/mol. The van der Waals surface area contributed by atoms with Crippen molar-refractivity contribution in [3.05, 3.63) is 94.1 Å². The Morgan fingerprint density at radius 3 is 2.44 bits per heavy atom. The minimum atomic E-state index is -0.825. The average Bonchev–Trinajstić information content (AvgIpc) is 3.05. The number of anilines is 1. The zero-order valence-corrected chi connectivity index (χ0v) is 19.1. The van der Waals surface area contributed by atoms with Gasteiger partial charge in [0.2, 0.25) is 0 Å². The Bertz CT molecular complexity index is 1190. The number of nitrogens with zero attached hydrogens (tertiary/aromatic N) is 2. The van der Waals surface area contributed by atoms with Gasteiger partial charge in [0, 0.05) is 16.2 Å². The maximum atomic E-state index is 13.1. The highest BCUT2D eigenvalue weighted by Crippen LogP contribution is 2.42. The van der Waals surface area contributed by atoms with E-state index in [2.05, 4.69) is 20.9 Å². The number of benzene rings is 2. The summed E-state index contributed by atoms with van der Waals surface area (Å²) in [7, 11) is 0. The summed E-state index contributed by atoms with van der Waals surface area (Å²) in [5.41, 5.74) is 1.10. The van der Waals surface area contributed by atoms with Crippen LogP contribution in [-0.4, -0.2) is 27.9 Å². The van der Waals surface area contributed by atoms with Gasteiger partial charge in [0.25, 0.3) is 5.78 Å². The van der Waals surface area contributed by atoms with Crippen LogP contribution in [0.25, 0.3) is 5.76 Å². The third-order valence-electron chi connectivity index (χ3n) is 5.00. The molecule has 4 rings (SSSR count). The van der Waals surface area contributed by atoms with Crippen LogP contribution in [0.4, 0.5) is 5.82 Å². The van der Waals surface area contributed by atoms with Gasteiger partial charge in [0.1, 0.15) is 17.3 Å². The van der Waals surface area contributed by atoms with Gasteiger partial charge in [-0.25, -0.2) is 4.98 Å². The number of Topliss-reactive ketones (excluding diaryl/α,β-unsaturated/α-hetero) is 1. The molecule has 2 aromatic carbocycles. The molecule has 1 aromatic heterocycles. The topological polar surface area (TPSA) is 79.7 Å². The summed E-state index contributed by atoms with van der Waals surface area (Å²) in [6.07, 6.45) is 1.56. The van der Waals surface area contributed by atoms with Crippen molar-refractivity contribution < 1.29 is 19.4 Å². The van der Waals surface area contributed by atoms with Crippen molar-refractivity contribution in [2.24, 2.45) is 0 Å². The highest BCUT2D eigenvalue weighted by Gasteiger charge is 2.47. The first-order valence-corrected chi connectivity index (χ1v) is 10.9. The van der Waals surface area contributed by atoms with Gasteiger partial charge in [-0.1, -0.05) is 34.1 Å². The lowest BCUT2D eigenvalue weighted by Gasteiger charge is -2.24. The third kappa shape index (κ3) is 4.16. The summed E-state index contributed by atoms with van der Waals surface area (Å²) >= 11 is 3.45. The molecule has 0 bridgehead atoms. The van der Waals surface area contributed by atoms with E-state index in [0.717, 1.165) is 4.47 Å². The van der Waals surface area contributed by atoms with E-state index < -0.39 is 17.7 Å². The Kier molecular flexibility index (Phi) is 6.10. The summed E-state index contributed by atoms with van der Waals surface area (Å²) in [5, 5.41) is 11.2. The summed E-state index contributed by atoms with van der Waals surface area (Å²) in [5.74, 6) is -0.771. The Labute approximate surface area is 194 Å². The standard InChI is InChI=1S/C25H21BrN2O4/c1-15(2)32-19-11-9-16(10-12-19)23(29)21-22(17-6-5-7-18(26)14-17)28(25(31)24(21)30)20-8-3-4-13-27-20/h3-15,22,29H,1-2H3/b23-21-. The number of rotatable bonds is 5. The van der Waals surface area contributed by atoms with Gasteiger partial charge in [-0.3, -0.25) is 14.5 Å². The molecule has 1 aliphatic rings. The number of ether oxygens (including phenoxy) is 1. The van der Waals surface area contributed by atoms with Crippen LogP contribution in [0.15, 0.2) is 83.0 Å². The number of hydrogen-bond acceptors (Lipinski definition) is 5. The van der Waals surface area contributed by atoms with Crippen molar-refractivity contribution >= 4 is 39.2 Å². The van der Waals surface area contributed by atoms with Crippen molar-refractivity contribution in [3.63, 3.8) is 0 Å². The van der Waals surface area contributed by atoms with Crippen LogP contribution >= 0.6 is 15.9 Å². The molecule has 6 nitrogen and oxygen atoms in total. The fourth-order valence-electron chi connectivity index (χ4n) is 3.68. The van der Waals surface area contributed by atoms with Gasteiger partial charge >= 0.3 is 5.91 Å². The summed E-state index contributed by atoms with van der Waals surface area (Å²) < 4.78 is 6.44. The number of halogens is 1. The number of ketones is 1. The second-order valence-corrected chi connectivity index (χ2v) is 8.52. The van der Waals surface area contributed by atoms with E-state index in [1.165, 1.54) is 4.90 Å². The van der Waals surface area contributed by atoms with Gasteiger partial charge in [-0.2, -0.15) is 0 Å². The molecule has 1 aliphatic heterocycles. The van der Waals surface area contributed by atoms with Gasteiger partial charge in [0.05, 0.1) is 17.7 Å². The smallest absolute Gasteiger partial charge is 0.301 e. The number of aliphatic hydroxyl groups is 1. The molecule has 32 heavy (non-hydrogen) atoms. The first-order chi connectivity index (χ1) is 15.4. The molecule has 2 heterocycles. The quantitative estimate of drug-likeness (QED) is 0.298. The number of aliphatic hydroxyl groups excluding tert-OH is 1. The van der Waals surface area contributed by atoms with Crippen molar-refractivity contribution in [1.82, 2.24) is 4.98 Å². The lowest BCUT2D eigenvalue weighted by molar-refractivity contribution is -0.132. The van der Waals surface area contributed by atoms with E-state index >= 15 is 0 Å². The minimum Gasteiger partial charge on any atom is -0.507 e. The summed E-state index contributed by atoms with van der Waals surface area (Å²) in [6.45, 7) is 3.84. The van der Waals surface area contributed by atoms with E-state index in [4.69, 9.17) is 4.74 Å². The van der Waals surface area contributed by atoms with Crippen LogP contribution < -0.4 is 9.64 Å². The molecular formula is C25H21BrN2O4. The van der Waals surface area contributed by atoms with Crippen molar-refractivity contribution in [2.45, 2.75) is 26.0 Å².